The number of aromatic nitrogens is 2. The van der Waals surface area contributed by atoms with E-state index in [0.29, 0.717) is 11.3 Å². The van der Waals surface area contributed by atoms with Crippen LogP contribution in [0.15, 0.2) is 12.1 Å². The van der Waals surface area contributed by atoms with Crippen molar-refractivity contribution in [2.45, 2.75) is 30.9 Å². The largest absolute Gasteiger partial charge is 0.465 e. The average Bonchev–Trinajstić information content (AvgIpc) is 3.00. The fraction of sp³-hybridized carbons (Fsp3) is 0.467. The lowest BCUT2D eigenvalue weighted by Crippen LogP contribution is -2.12. The van der Waals surface area contributed by atoms with Crippen molar-refractivity contribution in [3.05, 3.63) is 29.3 Å². The van der Waals surface area contributed by atoms with Gasteiger partial charge in [-0.3, -0.25) is 0 Å². The molecule has 1 unspecified atom stereocenters. The third-order valence-corrected chi connectivity index (χ3v) is 4.07. The van der Waals surface area contributed by atoms with Crippen LogP contribution in [0.2, 0.25) is 0 Å². The van der Waals surface area contributed by atoms with Gasteiger partial charge >= 0.3 is 5.97 Å². The molecule has 2 aromatic rings. The lowest BCUT2D eigenvalue weighted by molar-refractivity contribution is 0.0108. The second-order valence-corrected chi connectivity index (χ2v) is 5.72. The molecule has 0 spiro atoms. The van der Waals surface area contributed by atoms with Gasteiger partial charge in [-0.25, -0.2) is 22.9 Å². The zero-order valence-corrected chi connectivity index (χ0v) is 13.4. The van der Waals surface area contributed by atoms with Crippen LogP contribution in [0.1, 0.15) is 22.6 Å². The monoisotopic (exact) mass is 362 g/mol. The average molecular weight is 363 g/mol. The van der Waals surface area contributed by atoms with Gasteiger partial charge in [0, 0.05) is 13.0 Å². The minimum Gasteiger partial charge on any atom is -0.465 e. The van der Waals surface area contributed by atoms with Crippen LogP contribution in [-0.4, -0.2) is 41.3 Å². The molecule has 1 heterocycles. The summed E-state index contributed by atoms with van der Waals surface area (Å²) >= 11 is 5.83. The fourth-order valence-electron chi connectivity index (χ4n) is 2.47. The van der Waals surface area contributed by atoms with E-state index in [4.69, 9.17) is 16.3 Å². The Bertz CT molecular complexity index is 794. The van der Waals surface area contributed by atoms with Crippen molar-refractivity contribution in [3.63, 3.8) is 0 Å². The van der Waals surface area contributed by atoms with E-state index in [0.717, 1.165) is 6.07 Å². The molecule has 0 N–H and O–H groups in total. The maximum absolute atomic E-state index is 14.2. The number of hydrogen-bond acceptors (Lipinski definition) is 4. The molecule has 1 aliphatic rings. The van der Waals surface area contributed by atoms with Crippen molar-refractivity contribution in [3.8, 4) is 0 Å². The van der Waals surface area contributed by atoms with Crippen LogP contribution in [0.25, 0.3) is 11.0 Å². The molecule has 0 bridgehead atoms. The number of esters is 1. The third kappa shape index (κ3) is 3.08. The van der Waals surface area contributed by atoms with E-state index in [1.165, 1.54) is 13.2 Å². The standard InChI is InChI=1S/C15H14ClF3N2O3/c1-23-14(22)8-4-9(17)13-10(5-8)21(12(7-16)20-13)2-3-24-11-6-15(11,18)19/h4-5,11H,2-3,6-7H2,1H3. The van der Waals surface area contributed by atoms with Crippen molar-refractivity contribution >= 4 is 28.6 Å². The van der Waals surface area contributed by atoms with Gasteiger partial charge in [0.1, 0.15) is 17.4 Å². The van der Waals surface area contributed by atoms with E-state index in [-0.39, 0.29) is 36.5 Å². The lowest BCUT2D eigenvalue weighted by atomic mass is 10.2. The number of rotatable bonds is 6. The molecule has 0 amide bonds. The molecule has 0 radical (unpaired) electrons. The maximum Gasteiger partial charge on any atom is 0.338 e. The van der Waals surface area contributed by atoms with Gasteiger partial charge in [-0.05, 0) is 12.1 Å². The molecule has 1 aromatic heterocycles. The number of nitrogens with zero attached hydrogens (tertiary/aromatic N) is 2. The zero-order chi connectivity index (χ0) is 17.5. The number of benzene rings is 1. The Kier molecular flexibility index (Phi) is 4.44. The molecule has 1 aromatic carbocycles. The van der Waals surface area contributed by atoms with Crippen LogP contribution in [-0.2, 0) is 21.9 Å². The van der Waals surface area contributed by atoms with Crippen LogP contribution in [0, 0.1) is 5.82 Å². The number of carbonyl (C=O) groups is 1. The van der Waals surface area contributed by atoms with Gasteiger partial charge < -0.3 is 14.0 Å². The first-order valence-corrected chi connectivity index (χ1v) is 7.73. The Balaban J connectivity index is 1.89. The van der Waals surface area contributed by atoms with Gasteiger partial charge in [0.15, 0.2) is 5.82 Å². The predicted octanol–water partition coefficient (Wildman–Crippen LogP) is 3.13. The summed E-state index contributed by atoms with van der Waals surface area (Å²) in [6.07, 6.45) is -1.37. The first-order chi connectivity index (χ1) is 11.4. The molecule has 1 aliphatic carbocycles. The highest BCUT2D eigenvalue weighted by Crippen LogP contribution is 2.44. The Hall–Kier alpha value is -1.80. The van der Waals surface area contributed by atoms with Gasteiger partial charge in [-0.1, -0.05) is 0 Å². The Labute approximate surface area is 140 Å². The topological polar surface area (TPSA) is 53.3 Å². The van der Waals surface area contributed by atoms with Crippen molar-refractivity contribution in [1.82, 2.24) is 9.55 Å². The Morgan fingerprint density at radius 2 is 2.21 bits per heavy atom. The molecular formula is C15H14ClF3N2O3. The summed E-state index contributed by atoms with van der Waals surface area (Å²) < 4.78 is 51.1. The smallest absolute Gasteiger partial charge is 0.338 e. The molecule has 0 saturated heterocycles. The molecule has 9 heteroatoms. The predicted molar refractivity (Wildman–Crippen MR) is 79.9 cm³/mol. The van der Waals surface area contributed by atoms with Gasteiger partial charge in [0.25, 0.3) is 5.92 Å². The van der Waals surface area contributed by atoms with E-state index >= 15 is 0 Å². The number of carbonyl (C=O) groups excluding carboxylic acids is 1. The van der Waals surface area contributed by atoms with Crippen LogP contribution in [0.4, 0.5) is 13.2 Å². The molecular weight excluding hydrogens is 349 g/mol. The minimum atomic E-state index is -2.77. The maximum atomic E-state index is 14.2. The number of halogens is 4. The van der Waals surface area contributed by atoms with E-state index in [1.807, 2.05) is 0 Å². The first kappa shape index (κ1) is 17.0. The quantitative estimate of drug-likeness (QED) is 0.585. The second-order valence-electron chi connectivity index (χ2n) is 5.46. The zero-order valence-electron chi connectivity index (χ0n) is 12.7. The molecule has 130 valence electrons. The Morgan fingerprint density at radius 1 is 1.50 bits per heavy atom. The Morgan fingerprint density at radius 3 is 2.79 bits per heavy atom. The number of hydrogen-bond donors (Lipinski definition) is 0. The fourth-order valence-corrected chi connectivity index (χ4v) is 2.68. The highest BCUT2D eigenvalue weighted by Gasteiger charge is 2.58. The summed E-state index contributed by atoms with van der Waals surface area (Å²) in [6.45, 7) is 0.162. The summed E-state index contributed by atoms with van der Waals surface area (Å²) in [5.74, 6) is -3.78. The van der Waals surface area contributed by atoms with Crippen molar-refractivity contribution in [2.75, 3.05) is 13.7 Å². The van der Waals surface area contributed by atoms with Crippen LogP contribution in [0.5, 0.6) is 0 Å². The van der Waals surface area contributed by atoms with Gasteiger partial charge in [-0.2, -0.15) is 0 Å². The van der Waals surface area contributed by atoms with E-state index in [2.05, 4.69) is 9.72 Å². The van der Waals surface area contributed by atoms with Crippen molar-refractivity contribution in [2.24, 2.45) is 0 Å². The second kappa shape index (κ2) is 6.25. The summed E-state index contributed by atoms with van der Waals surface area (Å²) in [5.41, 5.74) is 0.409. The first-order valence-electron chi connectivity index (χ1n) is 7.19. The van der Waals surface area contributed by atoms with Crippen molar-refractivity contribution < 1.29 is 27.4 Å². The molecule has 0 aliphatic heterocycles. The van der Waals surface area contributed by atoms with E-state index in [1.54, 1.807) is 4.57 Å². The highest BCUT2D eigenvalue weighted by atomic mass is 35.5. The molecule has 1 fully saturated rings. The minimum absolute atomic E-state index is 0.000321. The molecule has 5 nitrogen and oxygen atoms in total. The summed E-state index contributed by atoms with van der Waals surface area (Å²) in [5, 5.41) is 0. The lowest BCUT2D eigenvalue weighted by Gasteiger charge is -2.09. The number of methoxy groups -OCH3 is 1. The van der Waals surface area contributed by atoms with Gasteiger partial charge in [0.05, 0.1) is 30.7 Å². The highest BCUT2D eigenvalue weighted by molar-refractivity contribution is 6.16. The molecule has 1 atom stereocenters. The van der Waals surface area contributed by atoms with Crippen LogP contribution < -0.4 is 0 Å². The third-order valence-electron chi connectivity index (χ3n) is 3.83. The number of alkyl halides is 3. The number of ether oxygens (including phenoxy) is 2. The molecule has 1 saturated carbocycles. The summed E-state index contributed by atoms with van der Waals surface area (Å²) in [7, 11) is 1.19. The van der Waals surface area contributed by atoms with Gasteiger partial charge in [0.2, 0.25) is 0 Å². The number of imidazole rings is 1. The SMILES string of the molecule is COC(=O)c1cc(F)c2nc(CCl)n(CCOC3CC3(F)F)c2c1. The van der Waals surface area contributed by atoms with Crippen molar-refractivity contribution in [1.29, 1.82) is 0 Å². The van der Waals surface area contributed by atoms with Gasteiger partial charge in [-0.15, -0.1) is 11.6 Å². The van der Waals surface area contributed by atoms with E-state index in [9.17, 15) is 18.0 Å². The van der Waals surface area contributed by atoms with Crippen LogP contribution >= 0.6 is 11.6 Å². The van der Waals surface area contributed by atoms with Crippen LogP contribution in [0.3, 0.4) is 0 Å². The number of fused-ring (bicyclic) bond motifs is 1. The molecule has 3 rings (SSSR count). The summed E-state index contributed by atoms with van der Waals surface area (Å²) in [4.78, 5) is 15.7. The molecule has 24 heavy (non-hydrogen) atoms. The summed E-state index contributed by atoms with van der Waals surface area (Å²) in [6, 6.07) is 2.46. The normalized spacial score (nSPS) is 18.8. The van der Waals surface area contributed by atoms with E-state index < -0.39 is 23.8 Å².